The number of hydrogen-bond acceptors (Lipinski definition) is 9. The average molecular weight is 500 g/mol. The number of nitrogens with zero attached hydrogens (tertiary/aromatic N) is 2. The lowest BCUT2D eigenvalue weighted by Gasteiger charge is -2.14. The van der Waals surface area contributed by atoms with Crippen LogP contribution in [-0.2, 0) is 11.3 Å². The highest BCUT2D eigenvalue weighted by atomic mass is 35.5. The van der Waals surface area contributed by atoms with Gasteiger partial charge in [-0.05, 0) is 35.7 Å². The summed E-state index contributed by atoms with van der Waals surface area (Å²) in [7, 11) is 2.89. The van der Waals surface area contributed by atoms with Gasteiger partial charge in [-0.3, -0.25) is 4.79 Å². The Balaban J connectivity index is 1.53. The number of nitrogens with one attached hydrogen (secondary N) is 1. The molecule has 0 radical (unpaired) electrons. The third-order valence-electron chi connectivity index (χ3n) is 4.63. The van der Waals surface area contributed by atoms with Gasteiger partial charge in [-0.25, -0.2) is 4.79 Å². The first-order chi connectivity index (χ1) is 16.5. The van der Waals surface area contributed by atoms with Crippen LogP contribution in [0.4, 0.5) is 5.69 Å². The molecule has 34 heavy (non-hydrogen) atoms. The summed E-state index contributed by atoms with van der Waals surface area (Å²) in [5.41, 5.74) is 0.970. The average Bonchev–Trinajstić information content (AvgIpc) is 3.55. The van der Waals surface area contributed by atoms with Gasteiger partial charge in [0.25, 0.3) is 11.8 Å². The van der Waals surface area contributed by atoms with Gasteiger partial charge in [0, 0.05) is 22.7 Å². The Labute approximate surface area is 203 Å². The maximum atomic E-state index is 12.9. The van der Waals surface area contributed by atoms with Crippen molar-refractivity contribution in [2.45, 2.75) is 6.61 Å². The number of benzene rings is 2. The SMILES string of the molecule is COc1cc(NC(=O)c2cccs2)c(C(=O)OCc2nc(-c3ccc(Cl)cc3)no2)cc1OC. The van der Waals surface area contributed by atoms with Crippen LogP contribution in [0.1, 0.15) is 25.9 Å². The molecule has 1 amide bonds. The largest absolute Gasteiger partial charge is 0.493 e. The molecule has 4 rings (SSSR count). The number of thiophene rings is 1. The smallest absolute Gasteiger partial charge is 0.340 e. The Morgan fingerprint density at radius 3 is 2.50 bits per heavy atom. The summed E-state index contributed by atoms with van der Waals surface area (Å²) >= 11 is 7.17. The molecule has 0 saturated heterocycles. The first-order valence-electron chi connectivity index (χ1n) is 9.85. The maximum Gasteiger partial charge on any atom is 0.340 e. The van der Waals surface area contributed by atoms with Crippen molar-refractivity contribution in [2.24, 2.45) is 0 Å². The molecule has 2 aromatic heterocycles. The summed E-state index contributed by atoms with van der Waals surface area (Å²) in [6.07, 6.45) is 0. The molecule has 11 heteroatoms. The molecule has 0 aliphatic carbocycles. The summed E-state index contributed by atoms with van der Waals surface area (Å²) in [6, 6.07) is 13.2. The second-order valence-corrected chi connectivity index (χ2v) is 8.16. The number of carbonyl (C=O) groups is 2. The molecule has 0 aliphatic rings. The van der Waals surface area contributed by atoms with E-state index < -0.39 is 5.97 Å². The van der Waals surface area contributed by atoms with Gasteiger partial charge in [0.2, 0.25) is 5.82 Å². The standard InChI is InChI=1S/C23H18ClN3O6S/c1-30-17-10-15(16(11-18(17)31-2)25-22(28)19-4-3-9-34-19)23(29)32-12-20-26-21(27-33-20)13-5-7-14(24)8-6-13/h3-11H,12H2,1-2H3,(H,25,28). The molecule has 2 heterocycles. The van der Waals surface area contributed by atoms with Crippen LogP contribution in [0.2, 0.25) is 5.02 Å². The fraction of sp³-hybridized carbons (Fsp3) is 0.130. The molecule has 4 aromatic rings. The van der Waals surface area contributed by atoms with Crippen LogP contribution in [0.25, 0.3) is 11.4 Å². The zero-order valence-corrected chi connectivity index (χ0v) is 19.6. The Morgan fingerprint density at radius 1 is 1.09 bits per heavy atom. The first kappa shape index (κ1) is 23.3. The van der Waals surface area contributed by atoms with Crippen molar-refractivity contribution in [3.63, 3.8) is 0 Å². The predicted octanol–water partition coefficient (Wildman–Crippen LogP) is 5.08. The van der Waals surface area contributed by atoms with E-state index in [4.69, 9.17) is 30.3 Å². The highest BCUT2D eigenvalue weighted by molar-refractivity contribution is 7.12. The summed E-state index contributed by atoms with van der Waals surface area (Å²) in [5, 5.41) is 8.97. The van der Waals surface area contributed by atoms with Crippen molar-refractivity contribution in [3.05, 3.63) is 75.3 Å². The molecule has 1 N–H and O–H groups in total. The van der Waals surface area contributed by atoms with Crippen molar-refractivity contribution in [2.75, 3.05) is 19.5 Å². The molecule has 9 nitrogen and oxygen atoms in total. The van der Waals surface area contributed by atoms with E-state index in [2.05, 4.69) is 15.5 Å². The number of esters is 1. The second kappa shape index (κ2) is 10.4. The molecule has 0 bridgehead atoms. The molecular weight excluding hydrogens is 482 g/mol. The van der Waals surface area contributed by atoms with Gasteiger partial charge < -0.3 is 24.1 Å². The Hall–Kier alpha value is -3.89. The van der Waals surface area contributed by atoms with Crippen LogP contribution >= 0.6 is 22.9 Å². The lowest BCUT2D eigenvalue weighted by atomic mass is 10.1. The van der Waals surface area contributed by atoms with Gasteiger partial charge in [0.15, 0.2) is 18.1 Å². The number of amides is 1. The van der Waals surface area contributed by atoms with Gasteiger partial charge in [-0.1, -0.05) is 22.8 Å². The fourth-order valence-corrected chi connectivity index (χ4v) is 3.72. The molecule has 0 atom stereocenters. The Bertz CT molecular complexity index is 1310. The van der Waals surface area contributed by atoms with E-state index in [0.717, 1.165) is 0 Å². The zero-order valence-electron chi connectivity index (χ0n) is 18.0. The lowest BCUT2D eigenvalue weighted by molar-refractivity contribution is 0.0430. The van der Waals surface area contributed by atoms with Crippen molar-refractivity contribution in [3.8, 4) is 22.9 Å². The number of carbonyl (C=O) groups excluding carboxylic acids is 2. The van der Waals surface area contributed by atoms with Crippen molar-refractivity contribution < 1.29 is 28.3 Å². The van der Waals surface area contributed by atoms with Crippen LogP contribution in [0.5, 0.6) is 11.5 Å². The molecule has 0 spiro atoms. The van der Waals surface area contributed by atoms with Crippen LogP contribution in [0.3, 0.4) is 0 Å². The number of anilines is 1. The van der Waals surface area contributed by atoms with Crippen LogP contribution in [0.15, 0.2) is 58.4 Å². The number of rotatable bonds is 8. The van der Waals surface area contributed by atoms with E-state index in [9.17, 15) is 9.59 Å². The second-order valence-electron chi connectivity index (χ2n) is 6.78. The lowest BCUT2D eigenvalue weighted by Crippen LogP contribution is -2.15. The molecule has 2 aromatic carbocycles. The highest BCUT2D eigenvalue weighted by Gasteiger charge is 2.21. The molecule has 0 unspecified atom stereocenters. The van der Waals surface area contributed by atoms with E-state index in [-0.39, 0.29) is 29.7 Å². The number of halogens is 1. The van der Waals surface area contributed by atoms with E-state index in [1.54, 1.807) is 41.8 Å². The van der Waals surface area contributed by atoms with Gasteiger partial charge in [-0.15, -0.1) is 11.3 Å². The normalized spacial score (nSPS) is 10.6. The van der Waals surface area contributed by atoms with E-state index in [1.807, 2.05) is 0 Å². The van der Waals surface area contributed by atoms with Gasteiger partial charge >= 0.3 is 5.97 Å². The predicted molar refractivity (Wildman–Crippen MR) is 126 cm³/mol. The molecule has 0 aliphatic heterocycles. The summed E-state index contributed by atoms with van der Waals surface area (Å²) in [6.45, 7) is -0.272. The molecule has 0 fully saturated rings. The monoisotopic (exact) mass is 499 g/mol. The first-order valence-corrected chi connectivity index (χ1v) is 11.1. The molecule has 0 saturated carbocycles. The Morgan fingerprint density at radius 2 is 1.82 bits per heavy atom. The quantitative estimate of drug-likeness (QED) is 0.334. The maximum absolute atomic E-state index is 12.9. The third-order valence-corrected chi connectivity index (χ3v) is 5.75. The van der Waals surface area contributed by atoms with Crippen LogP contribution in [-0.4, -0.2) is 36.2 Å². The zero-order chi connectivity index (χ0) is 24.1. The van der Waals surface area contributed by atoms with Gasteiger partial charge in [-0.2, -0.15) is 4.98 Å². The number of aromatic nitrogens is 2. The number of ether oxygens (including phenoxy) is 3. The third kappa shape index (κ3) is 5.19. The molecular formula is C23H18ClN3O6S. The van der Waals surface area contributed by atoms with Gasteiger partial charge in [0.1, 0.15) is 0 Å². The summed E-state index contributed by atoms with van der Waals surface area (Å²) < 4.78 is 21.1. The minimum Gasteiger partial charge on any atom is -0.493 e. The van der Waals surface area contributed by atoms with E-state index >= 15 is 0 Å². The van der Waals surface area contributed by atoms with Crippen LogP contribution in [0, 0.1) is 0 Å². The molecule has 174 valence electrons. The number of methoxy groups -OCH3 is 2. The minimum atomic E-state index is -0.728. The Kier molecular flexibility index (Phi) is 7.09. The topological polar surface area (TPSA) is 113 Å². The highest BCUT2D eigenvalue weighted by Crippen LogP contribution is 2.34. The van der Waals surface area contributed by atoms with Crippen molar-refractivity contribution >= 4 is 40.5 Å². The van der Waals surface area contributed by atoms with Gasteiger partial charge in [0.05, 0.1) is 30.3 Å². The summed E-state index contributed by atoms with van der Waals surface area (Å²) in [5.74, 6) is -0.0356. The minimum absolute atomic E-state index is 0.0694. The van der Waals surface area contributed by atoms with Crippen molar-refractivity contribution in [1.82, 2.24) is 10.1 Å². The number of hydrogen-bond donors (Lipinski definition) is 1. The van der Waals surface area contributed by atoms with E-state index in [0.29, 0.717) is 32.8 Å². The van der Waals surface area contributed by atoms with Crippen molar-refractivity contribution in [1.29, 1.82) is 0 Å². The van der Waals surface area contributed by atoms with Crippen LogP contribution < -0.4 is 14.8 Å². The summed E-state index contributed by atoms with van der Waals surface area (Å²) in [4.78, 5) is 30.2. The van der Waals surface area contributed by atoms with E-state index in [1.165, 1.54) is 37.7 Å². The fourth-order valence-electron chi connectivity index (χ4n) is 2.98.